The molecule has 0 bridgehead atoms. The van der Waals surface area contributed by atoms with E-state index in [0.717, 1.165) is 19.3 Å². The molecule has 2 fully saturated rings. The van der Waals surface area contributed by atoms with Crippen molar-refractivity contribution in [2.24, 2.45) is 5.92 Å². The maximum atomic E-state index is 11.8. The van der Waals surface area contributed by atoms with Crippen molar-refractivity contribution < 1.29 is 19.8 Å². The minimum atomic E-state index is -1.01. The molecule has 0 spiro atoms. The topological polar surface area (TPSA) is 77.8 Å². The minimum absolute atomic E-state index is 0.00264. The van der Waals surface area contributed by atoms with Gasteiger partial charge in [-0.05, 0) is 12.8 Å². The second-order valence-corrected chi connectivity index (χ2v) is 4.36. The normalized spacial score (nSPS) is 31.4. The molecule has 5 nitrogen and oxygen atoms in total. The summed E-state index contributed by atoms with van der Waals surface area (Å²) in [7, 11) is 0. The summed E-state index contributed by atoms with van der Waals surface area (Å²) in [5.74, 6) is -1.11. The summed E-state index contributed by atoms with van der Waals surface area (Å²) in [6.07, 6.45) is 2.24. The summed E-state index contributed by atoms with van der Waals surface area (Å²) in [5.41, 5.74) is 0. The number of β-amino-alcohol motifs (C(OH)–C–C–N with tert-alkyl or cyclic N) is 1. The fourth-order valence-electron chi connectivity index (χ4n) is 2.18. The van der Waals surface area contributed by atoms with E-state index in [2.05, 4.69) is 0 Å². The smallest absolute Gasteiger partial charge is 0.326 e. The van der Waals surface area contributed by atoms with Gasteiger partial charge in [-0.2, -0.15) is 0 Å². The molecule has 0 aromatic heterocycles. The summed E-state index contributed by atoms with van der Waals surface area (Å²) < 4.78 is 0. The van der Waals surface area contributed by atoms with Gasteiger partial charge in [0.15, 0.2) is 0 Å². The van der Waals surface area contributed by atoms with Crippen molar-refractivity contribution in [1.29, 1.82) is 0 Å². The Kier molecular flexibility index (Phi) is 2.65. The number of likely N-dealkylation sites (tertiary alicyclic amines) is 1. The van der Waals surface area contributed by atoms with Crippen LogP contribution in [0, 0.1) is 5.92 Å². The van der Waals surface area contributed by atoms with Gasteiger partial charge in [-0.25, -0.2) is 4.79 Å². The summed E-state index contributed by atoms with van der Waals surface area (Å²) >= 11 is 0. The number of aliphatic carboxylic acids is 1. The van der Waals surface area contributed by atoms with Crippen LogP contribution in [0.4, 0.5) is 0 Å². The van der Waals surface area contributed by atoms with Crippen molar-refractivity contribution >= 4 is 11.9 Å². The third kappa shape index (κ3) is 1.84. The summed E-state index contributed by atoms with van der Waals surface area (Å²) in [4.78, 5) is 24.1. The van der Waals surface area contributed by atoms with Crippen LogP contribution in [-0.2, 0) is 9.59 Å². The highest BCUT2D eigenvalue weighted by Crippen LogP contribution is 2.31. The van der Waals surface area contributed by atoms with E-state index in [1.54, 1.807) is 0 Å². The van der Waals surface area contributed by atoms with Crippen molar-refractivity contribution in [2.45, 2.75) is 37.8 Å². The molecular weight excluding hydrogens is 198 g/mol. The molecule has 1 aliphatic heterocycles. The molecule has 2 rings (SSSR count). The van der Waals surface area contributed by atoms with E-state index in [1.807, 2.05) is 0 Å². The first kappa shape index (κ1) is 10.4. The van der Waals surface area contributed by atoms with Gasteiger partial charge in [0, 0.05) is 18.9 Å². The van der Waals surface area contributed by atoms with E-state index in [4.69, 9.17) is 5.11 Å². The highest BCUT2D eigenvalue weighted by molar-refractivity contribution is 5.86. The number of rotatable bonds is 2. The highest BCUT2D eigenvalue weighted by atomic mass is 16.4. The zero-order valence-corrected chi connectivity index (χ0v) is 8.43. The first-order valence-corrected chi connectivity index (χ1v) is 5.31. The zero-order valence-electron chi connectivity index (χ0n) is 8.43. The van der Waals surface area contributed by atoms with E-state index in [1.165, 1.54) is 4.90 Å². The molecule has 1 heterocycles. The van der Waals surface area contributed by atoms with Crippen LogP contribution in [0.5, 0.6) is 0 Å². The molecule has 2 N–H and O–H groups in total. The molecule has 0 aromatic carbocycles. The van der Waals surface area contributed by atoms with Crippen LogP contribution in [-0.4, -0.2) is 45.7 Å². The number of carboxylic acids is 1. The van der Waals surface area contributed by atoms with Gasteiger partial charge < -0.3 is 15.1 Å². The molecule has 5 heteroatoms. The Bertz CT molecular complexity index is 287. The van der Waals surface area contributed by atoms with Gasteiger partial charge in [0.25, 0.3) is 0 Å². The van der Waals surface area contributed by atoms with Crippen LogP contribution < -0.4 is 0 Å². The fraction of sp³-hybridized carbons (Fsp3) is 0.800. The molecule has 1 saturated heterocycles. The quantitative estimate of drug-likeness (QED) is 0.667. The monoisotopic (exact) mass is 213 g/mol. The maximum Gasteiger partial charge on any atom is 0.326 e. The Morgan fingerprint density at radius 1 is 1.27 bits per heavy atom. The third-order valence-electron chi connectivity index (χ3n) is 3.30. The van der Waals surface area contributed by atoms with Crippen molar-refractivity contribution in [3.05, 3.63) is 0 Å². The van der Waals surface area contributed by atoms with Crippen LogP contribution in [0.15, 0.2) is 0 Å². The number of carboxylic acid groups (broad SMARTS) is 1. The second-order valence-electron chi connectivity index (χ2n) is 4.36. The van der Waals surface area contributed by atoms with Crippen LogP contribution in [0.1, 0.15) is 25.7 Å². The third-order valence-corrected chi connectivity index (χ3v) is 3.30. The number of hydrogen-bond donors (Lipinski definition) is 2. The van der Waals surface area contributed by atoms with Gasteiger partial charge in [-0.15, -0.1) is 0 Å². The Balaban J connectivity index is 2.05. The van der Waals surface area contributed by atoms with Gasteiger partial charge in [-0.3, -0.25) is 4.79 Å². The molecular formula is C10H15NO4. The number of hydrogen-bond acceptors (Lipinski definition) is 3. The molecule has 2 aliphatic rings. The molecule has 15 heavy (non-hydrogen) atoms. The SMILES string of the molecule is O=C(O)C1CC(O)CN1C(=O)C1CCC1. The van der Waals surface area contributed by atoms with E-state index in [-0.39, 0.29) is 24.8 Å². The van der Waals surface area contributed by atoms with Crippen molar-refractivity contribution in [1.82, 2.24) is 4.90 Å². The Labute approximate surface area is 87.7 Å². The fourth-order valence-corrected chi connectivity index (χ4v) is 2.18. The Morgan fingerprint density at radius 2 is 1.93 bits per heavy atom. The first-order valence-electron chi connectivity index (χ1n) is 5.31. The number of nitrogens with zero attached hydrogens (tertiary/aromatic N) is 1. The lowest BCUT2D eigenvalue weighted by atomic mass is 9.84. The molecule has 1 amide bonds. The minimum Gasteiger partial charge on any atom is -0.480 e. The zero-order chi connectivity index (χ0) is 11.0. The number of carbonyl (C=O) groups excluding carboxylic acids is 1. The van der Waals surface area contributed by atoms with Gasteiger partial charge >= 0.3 is 5.97 Å². The van der Waals surface area contributed by atoms with Crippen molar-refractivity contribution in [3.8, 4) is 0 Å². The van der Waals surface area contributed by atoms with Crippen LogP contribution in [0.3, 0.4) is 0 Å². The Hall–Kier alpha value is -1.10. The standard InChI is InChI=1S/C10H15NO4/c12-7-4-8(10(14)15)11(5-7)9(13)6-2-1-3-6/h6-8,12H,1-5H2,(H,14,15). The predicted molar refractivity (Wildman–Crippen MR) is 51.1 cm³/mol. The molecule has 1 aliphatic carbocycles. The van der Waals surface area contributed by atoms with E-state index < -0.39 is 18.1 Å². The van der Waals surface area contributed by atoms with Crippen molar-refractivity contribution in [2.75, 3.05) is 6.54 Å². The number of carbonyl (C=O) groups is 2. The highest BCUT2D eigenvalue weighted by Gasteiger charge is 2.42. The lowest BCUT2D eigenvalue weighted by Gasteiger charge is -2.31. The summed E-state index contributed by atoms with van der Waals surface area (Å²) in [6.45, 7) is 0.173. The molecule has 2 unspecified atom stereocenters. The average Bonchev–Trinajstić information content (AvgIpc) is 2.44. The molecule has 0 radical (unpaired) electrons. The number of aliphatic hydroxyl groups excluding tert-OH is 1. The van der Waals surface area contributed by atoms with Crippen LogP contribution in [0.25, 0.3) is 0 Å². The molecule has 1 saturated carbocycles. The predicted octanol–water partition coefficient (Wildman–Crippen LogP) is -0.167. The Morgan fingerprint density at radius 3 is 2.40 bits per heavy atom. The van der Waals surface area contributed by atoms with Gasteiger partial charge in [-0.1, -0.05) is 6.42 Å². The molecule has 0 aromatic rings. The second kappa shape index (κ2) is 3.81. The summed E-state index contributed by atoms with van der Waals surface area (Å²) in [6, 6.07) is -0.826. The summed E-state index contributed by atoms with van der Waals surface area (Å²) in [5, 5.41) is 18.3. The lowest BCUT2D eigenvalue weighted by Crippen LogP contribution is -2.45. The average molecular weight is 213 g/mol. The molecule has 2 atom stereocenters. The first-order chi connectivity index (χ1) is 7.09. The van der Waals surface area contributed by atoms with Gasteiger partial charge in [0.1, 0.15) is 6.04 Å². The largest absolute Gasteiger partial charge is 0.480 e. The lowest BCUT2D eigenvalue weighted by molar-refractivity contribution is -0.151. The number of aliphatic hydroxyl groups is 1. The maximum absolute atomic E-state index is 11.8. The van der Waals surface area contributed by atoms with Crippen LogP contribution in [0.2, 0.25) is 0 Å². The molecule has 84 valence electrons. The van der Waals surface area contributed by atoms with Crippen molar-refractivity contribution in [3.63, 3.8) is 0 Å². The van der Waals surface area contributed by atoms with E-state index in [0.29, 0.717) is 0 Å². The van der Waals surface area contributed by atoms with E-state index in [9.17, 15) is 14.7 Å². The van der Waals surface area contributed by atoms with E-state index >= 15 is 0 Å². The van der Waals surface area contributed by atoms with Gasteiger partial charge in [0.2, 0.25) is 5.91 Å². The van der Waals surface area contributed by atoms with Gasteiger partial charge in [0.05, 0.1) is 6.10 Å². The van der Waals surface area contributed by atoms with Crippen LogP contribution >= 0.6 is 0 Å². The number of amides is 1.